The van der Waals surface area contributed by atoms with Gasteiger partial charge in [-0.25, -0.2) is 0 Å². The maximum Gasteiger partial charge on any atom is 0.305 e. The molecule has 1 aliphatic carbocycles. The predicted octanol–water partition coefficient (Wildman–Crippen LogP) is 3.93. The van der Waals surface area contributed by atoms with E-state index in [1.807, 2.05) is 12.2 Å². The Morgan fingerprint density at radius 1 is 1.22 bits per heavy atom. The number of hydrogen-bond acceptors (Lipinski definition) is 4. The molecule has 3 atom stereocenters. The average molecular weight is 388 g/mol. The maximum atomic E-state index is 13.8. The molecule has 0 radical (unpaired) electrons. The third kappa shape index (κ3) is 7.87. The van der Waals surface area contributed by atoms with Gasteiger partial charge in [-0.05, 0) is 43.9 Å². The number of aliphatic carboxylic acids is 1. The van der Waals surface area contributed by atoms with Crippen LogP contribution in [0.3, 0.4) is 0 Å². The van der Waals surface area contributed by atoms with Crippen LogP contribution in [0.5, 0.6) is 0 Å². The number of carbonyl (C=O) groups excluding carboxylic acids is 2. The van der Waals surface area contributed by atoms with Gasteiger partial charge in [0, 0.05) is 25.7 Å². The Balaban J connectivity index is 2.52. The molecule has 0 unspecified atom stereocenters. The first kappa shape index (κ1) is 23.4. The standard InChI is InChI=1S/C20H30F2O5/c1-2-3-12-20(21,22)17(24)11-10-15-14(13-16(23)19(15)27)8-6-4-5-7-9-18(25)26/h4,6,14-15,19,27H,2-3,5,7-13H2,1H3,(H,25,26)/b6-4-/t14-,15-,19-/m1/s1. The van der Waals surface area contributed by atoms with E-state index in [0.717, 1.165) is 0 Å². The lowest BCUT2D eigenvalue weighted by molar-refractivity contribution is -0.144. The van der Waals surface area contributed by atoms with Crippen molar-refractivity contribution in [3.8, 4) is 0 Å². The molecule has 27 heavy (non-hydrogen) atoms. The summed E-state index contributed by atoms with van der Waals surface area (Å²) in [6, 6.07) is 0. The molecule has 0 bridgehead atoms. The highest BCUT2D eigenvalue weighted by Crippen LogP contribution is 2.37. The number of unbranched alkanes of at least 4 members (excludes halogenated alkanes) is 2. The van der Waals surface area contributed by atoms with Crippen LogP contribution in [0.15, 0.2) is 12.2 Å². The number of carboxylic acid groups (broad SMARTS) is 1. The van der Waals surface area contributed by atoms with Gasteiger partial charge in [0.15, 0.2) is 5.78 Å². The van der Waals surface area contributed by atoms with Crippen molar-refractivity contribution in [3.63, 3.8) is 0 Å². The summed E-state index contributed by atoms with van der Waals surface area (Å²) in [5.74, 6) is -6.30. The quantitative estimate of drug-likeness (QED) is 0.368. The van der Waals surface area contributed by atoms with Crippen LogP contribution >= 0.6 is 0 Å². The van der Waals surface area contributed by atoms with E-state index in [0.29, 0.717) is 25.7 Å². The van der Waals surface area contributed by atoms with Crippen molar-refractivity contribution in [1.82, 2.24) is 0 Å². The van der Waals surface area contributed by atoms with Gasteiger partial charge in [0.25, 0.3) is 0 Å². The molecule has 1 saturated carbocycles. The fourth-order valence-corrected chi connectivity index (χ4v) is 3.46. The number of aliphatic hydroxyl groups excluding tert-OH is 1. The fourth-order valence-electron chi connectivity index (χ4n) is 3.46. The molecule has 7 heteroatoms. The Kier molecular flexibility index (Phi) is 9.77. The van der Waals surface area contributed by atoms with E-state index in [1.54, 1.807) is 6.92 Å². The summed E-state index contributed by atoms with van der Waals surface area (Å²) in [4.78, 5) is 34.1. The first-order valence-electron chi connectivity index (χ1n) is 9.67. The second-order valence-electron chi connectivity index (χ2n) is 7.30. The van der Waals surface area contributed by atoms with Gasteiger partial charge in [0.1, 0.15) is 6.10 Å². The van der Waals surface area contributed by atoms with Crippen molar-refractivity contribution in [2.45, 2.75) is 83.2 Å². The van der Waals surface area contributed by atoms with Crippen molar-refractivity contribution < 1.29 is 33.4 Å². The number of Topliss-reactive ketones (excluding diaryl/α,β-unsaturated/α-hetero) is 2. The molecular weight excluding hydrogens is 358 g/mol. The van der Waals surface area contributed by atoms with E-state index < -0.39 is 36.1 Å². The molecule has 1 fully saturated rings. The Morgan fingerprint density at radius 3 is 2.56 bits per heavy atom. The molecule has 0 aromatic carbocycles. The normalized spacial score (nSPS) is 23.3. The number of allylic oxidation sites excluding steroid dienone is 2. The molecule has 2 N–H and O–H groups in total. The Labute approximate surface area is 158 Å². The van der Waals surface area contributed by atoms with Gasteiger partial charge in [0.2, 0.25) is 5.78 Å². The predicted molar refractivity (Wildman–Crippen MR) is 96.6 cm³/mol. The number of hydrogen-bond donors (Lipinski definition) is 2. The summed E-state index contributed by atoms with van der Waals surface area (Å²) in [6.45, 7) is 1.78. The number of alkyl halides is 2. The summed E-state index contributed by atoms with van der Waals surface area (Å²) in [6.07, 6.45) is 4.47. The molecule has 0 spiro atoms. The van der Waals surface area contributed by atoms with Crippen LogP contribution < -0.4 is 0 Å². The minimum Gasteiger partial charge on any atom is -0.481 e. The lowest BCUT2D eigenvalue weighted by Crippen LogP contribution is -2.30. The Bertz CT molecular complexity index is 544. The summed E-state index contributed by atoms with van der Waals surface area (Å²) < 4.78 is 27.6. The first-order valence-corrected chi connectivity index (χ1v) is 9.67. The van der Waals surface area contributed by atoms with Crippen molar-refractivity contribution in [3.05, 3.63) is 12.2 Å². The topological polar surface area (TPSA) is 91.7 Å². The lowest BCUT2D eigenvalue weighted by Gasteiger charge is -2.21. The summed E-state index contributed by atoms with van der Waals surface area (Å²) in [7, 11) is 0. The van der Waals surface area contributed by atoms with Gasteiger partial charge in [0.05, 0.1) is 0 Å². The summed E-state index contributed by atoms with van der Waals surface area (Å²) in [5.41, 5.74) is 0. The van der Waals surface area contributed by atoms with Crippen LogP contribution in [0.25, 0.3) is 0 Å². The van der Waals surface area contributed by atoms with E-state index in [-0.39, 0.29) is 43.8 Å². The van der Waals surface area contributed by atoms with Gasteiger partial charge < -0.3 is 10.2 Å². The third-order valence-corrected chi connectivity index (χ3v) is 5.13. The minimum atomic E-state index is -3.34. The van der Waals surface area contributed by atoms with Gasteiger partial charge in [-0.2, -0.15) is 8.78 Å². The minimum absolute atomic E-state index is 0.0744. The first-order chi connectivity index (χ1) is 12.7. The van der Waals surface area contributed by atoms with Gasteiger partial charge in [-0.15, -0.1) is 0 Å². The Morgan fingerprint density at radius 2 is 1.93 bits per heavy atom. The number of aliphatic hydroxyl groups is 1. The highest BCUT2D eigenvalue weighted by Gasteiger charge is 2.42. The largest absolute Gasteiger partial charge is 0.481 e. The number of ketones is 2. The second kappa shape index (κ2) is 11.3. The van der Waals surface area contributed by atoms with Crippen LogP contribution in [0.4, 0.5) is 8.78 Å². The Hall–Kier alpha value is -1.63. The van der Waals surface area contributed by atoms with Crippen LogP contribution in [-0.4, -0.2) is 39.8 Å². The highest BCUT2D eigenvalue weighted by molar-refractivity contribution is 5.87. The molecular formula is C20H30F2O5. The smallest absolute Gasteiger partial charge is 0.305 e. The van der Waals surface area contributed by atoms with Crippen molar-refractivity contribution in [2.24, 2.45) is 11.8 Å². The molecule has 0 heterocycles. The molecule has 1 rings (SSSR count). The lowest BCUT2D eigenvalue weighted by atomic mass is 9.86. The van der Waals surface area contributed by atoms with Crippen LogP contribution in [0.2, 0.25) is 0 Å². The molecule has 154 valence electrons. The zero-order valence-electron chi connectivity index (χ0n) is 15.8. The molecule has 0 aliphatic heterocycles. The zero-order chi connectivity index (χ0) is 20.4. The van der Waals surface area contributed by atoms with E-state index in [9.17, 15) is 28.3 Å². The second-order valence-corrected chi connectivity index (χ2v) is 7.30. The van der Waals surface area contributed by atoms with Gasteiger partial charge in [-0.3, -0.25) is 14.4 Å². The number of carbonyl (C=O) groups is 3. The van der Waals surface area contributed by atoms with Gasteiger partial charge in [-0.1, -0.05) is 25.5 Å². The van der Waals surface area contributed by atoms with Crippen LogP contribution in [0, 0.1) is 11.8 Å². The van der Waals surface area contributed by atoms with Crippen molar-refractivity contribution in [2.75, 3.05) is 0 Å². The third-order valence-electron chi connectivity index (χ3n) is 5.13. The van der Waals surface area contributed by atoms with Crippen LogP contribution in [0.1, 0.15) is 71.1 Å². The maximum absolute atomic E-state index is 13.8. The molecule has 0 aromatic rings. The zero-order valence-corrected chi connectivity index (χ0v) is 15.8. The van der Waals surface area contributed by atoms with Gasteiger partial charge >= 0.3 is 11.9 Å². The van der Waals surface area contributed by atoms with E-state index in [1.165, 1.54) is 0 Å². The summed E-state index contributed by atoms with van der Waals surface area (Å²) >= 11 is 0. The molecule has 5 nitrogen and oxygen atoms in total. The van der Waals surface area contributed by atoms with E-state index >= 15 is 0 Å². The molecule has 0 saturated heterocycles. The average Bonchev–Trinajstić information content (AvgIpc) is 2.87. The number of rotatable bonds is 13. The monoisotopic (exact) mass is 388 g/mol. The highest BCUT2D eigenvalue weighted by atomic mass is 19.3. The number of carboxylic acids is 1. The van der Waals surface area contributed by atoms with Crippen LogP contribution in [-0.2, 0) is 14.4 Å². The van der Waals surface area contributed by atoms with Crippen molar-refractivity contribution >= 4 is 17.5 Å². The molecule has 0 amide bonds. The SMILES string of the molecule is CCCCC(F)(F)C(=O)CC[C@@H]1[C@H](C/C=C\CCCC(=O)O)CC(=O)[C@@H]1O. The fraction of sp³-hybridized carbons (Fsp3) is 0.750. The van der Waals surface area contributed by atoms with E-state index in [2.05, 4.69) is 0 Å². The number of halogens is 2. The molecule has 0 aromatic heterocycles. The van der Waals surface area contributed by atoms with Crippen molar-refractivity contribution in [1.29, 1.82) is 0 Å². The van der Waals surface area contributed by atoms with E-state index in [4.69, 9.17) is 5.11 Å². The molecule has 1 aliphatic rings. The summed E-state index contributed by atoms with van der Waals surface area (Å²) in [5, 5.41) is 18.6.